The molecule has 6 heteroatoms. The number of nitrogens with one attached hydrogen (secondary N) is 2. The fourth-order valence-corrected chi connectivity index (χ4v) is 3.26. The van der Waals surface area contributed by atoms with Gasteiger partial charge in [-0.2, -0.15) is 0 Å². The van der Waals surface area contributed by atoms with Gasteiger partial charge in [-0.1, -0.05) is 23.2 Å². The van der Waals surface area contributed by atoms with Gasteiger partial charge in [-0.25, -0.2) is 0 Å². The Morgan fingerprint density at radius 3 is 2.29 bits per heavy atom. The van der Waals surface area contributed by atoms with Crippen LogP contribution in [0, 0.1) is 0 Å². The van der Waals surface area contributed by atoms with Crippen molar-refractivity contribution in [1.82, 2.24) is 0 Å². The van der Waals surface area contributed by atoms with E-state index in [4.69, 9.17) is 27.9 Å². The van der Waals surface area contributed by atoms with E-state index in [9.17, 15) is 4.79 Å². The molecule has 2 rings (SSSR count). The van der Waals surface area contributed by atoms with Gasteiger partial charge in [0.25, 0.3) is 5.91 Å². The molecule has 0 spiro atoms. The van der Waals surface area contributed by atoms with Gasteiger partial charge in [-0.15, -0.1) is 0 Å². The molecule has 21 heavy (non-hydrogen) atoms. The normalized spacial score (nSPS) is 27.2. The first-order valence-corrected chi connectivity index (χ1v) is 7.87. The second-order valence-corrected chi connectivity index (χ2v) is 6.57. The van der Waals surface area contributed by atoms with E-state index >= 15 is 0 Å². The van der Waals surface area contributed by atoms with Crippen molar-refractivity contribution in [3.05, 3.63) is 28.2 Å². The molecule has 1 aliphatic rings. The number of carbonyl (C=O) groups is 1. The number of anilines is 1. The minimum atomic E-state index is -0.156. The summed E-state index contributed by atoms with van der Waals surface area (Å²) >= 11 is 11.9. The lowest BCUT2D eigenvalue weighted by Crippen LogP contribution is -3.19. The standard InChI is InChI=1S/C15H20Cl2N2O2/c1-9-7-19(8-10(2)21-9)11(3)15(20)18-14-5-12(16)4-13(17)6-14/h4-6,9-11H,7-8H2,1-3H3,(H,18,20)/p+1/t9-,10-,11+/m1/s1. The summed E-state index contributed by atoms with van der Waals surface area (Å²) in [5.74, 6) is -0.0374. The van der Waals surface area contributed by atoms with Gasteiger partial charge in [0, 0.05) is 15.7 Å². The van der Waals surface area contributed by atoms with Gasteiger partial charge in [-0.3, -0.25) is 4.79 Å². The van der Waals surface area contributed by atoms with Gasteiger partial charge in [0.1, 0.15) is 25.3 Å². The SMILES string of the molecule is C[C@@H]1C[NH+]([C@@H](C)C(=O)Nc2cc(Cl)cc(Cl)c2)C[C@@H](C)O1. The zero-order valence-electron chi connectivity index (χ0n) is 12.5. The molecule has 0 radical (unpaired) electrons. The highest BCUT2D eigenvalue weighted by atomic mass is 35.5. The number of benzene rings is 1. The minimum Gasteiger partial charge on any atom is -0.364 e. The Balaban J connectivity index is 2.02. The van der Waals surface area contributed by atoms with E-state index in [0.717, 1.165) is 13.1 Å². The molecule has 0 saturated carbocycles. The largest absolute Gasteiger partial charge is 0.364 e. The van der Waals surface area contributed by atoms with Crippen molar-refractivity contribution in [2.45, 2.75) is 39.0 Å². The summed E-state index contributed by atoms with van der Waals surface area (Å²) in [6.07, 6.45) is 0.333. The van der Waals surface area contributed by atoms with Crippen molar-refractivity contribution >= 4 is 34.8 Å². The van der Waals surface area contributed by atoms with Crippen LogP contribution in [0.3, 0.4) is 0 Å². The van der Waals surface area contributed by atoms with Crippen LogP contribution in [0.25, 0.3) is 0 Å². The number of carbonyl (C=O) groups excluding carboxylic acids is 1. The van der Waals surface area contributed by atoms with Crippen molar-refractivity contribution in [3.63, 3.8) is 0 Å². The van der Waals surface area contributed by atoms with Crippen molar-refractivity contribution in [2.24, 2.45) is 0 Å². The van der Waals surface area contributed by atoms with Crippen molar-refractivity contribution < 1.29 is 14.4 Å². The number of quaternary nitrogens is 1. The molecule has 3 atom stereocenters. The molecule has 1 aliphatic heterocycles. The summed E-state index contributed by atoms with van der Waals surface area (Å²) in [5, 5.41) is 3.89. The van der Waals surface area contributed by atoms with Gasteiger partial charge in [0.2, 0.25) is 0 Å². The molecule has 116 valence electrons. The Hall–Kier alpha value is -0.810. The van der Waals surface area contributed by atoms with E-state index in [0.29, 0.717) is 15.7 Å². The first kappa shape index (κ1) is 16.6. The van der Waals surface area contributed by atoms with E-state index in [1.54, 1.807) is 18.2 Å². The maximum absolute atomic E-state index is 12.4. The van der Waals surface area contributed by atoms with Crippen LogP contribution in [0.5, 0.6) is 0 Å². The zero-order valence-corrected chi connectivity index (χ0v) is 14.0. The molecule has 2 N–H and O–H groups in total. The fourth-order valence-electron chi connectivity index (χ4n) is 2.73. The molecule has 1 saturated heterocycles. The molecular weight excluding hydrogens is 311 g/mol. The molecule has 0 unspecified atom stereocenters. The lowest BCUT2D eigenvalue weighted by atomic mass is 10.1. The third-order valence-electron chi connectivity index (χ3n) is 3.70. The quantitative estimate of drug-likeness (QED) is 0.889. The second kappa shape index (κ2) is 6.97. The molecule has 1 aromatic carbocycles. The molecule has 4 nitrogen and oxygen atoms in total. The average molecular weight is 332 g/mol. The lowest BCUT2D eigenvalue weighted by molar-refractivity contribution is -0.928. The number of ether oxygens (including phenoxy) is 1. The van der Waals surface area contributed by atoms with E-state index in [1.165, 1.54) is 4.90 Å². The summed E-state index contributed by atoms with van der Waals surface area (Å²) in [6.45, 7) is 7.67. The number of halogens is 2. The maximum Gasteiger partial charge on any atom is 0.282 e. The van der Waals surface area contributed by atoms with E-state index < -0.39 is 0 Å². The number of morpholine rings is 1. The minimum absolute atomic E-state index is 0.0374. The topological polar surface area (TPSA) is 42.8 Å². The zero-order chi connectivity index (χ0) is 15.6. The number of hydrogen-bond donors (Lipinski definition) is 2. The lowest BCUT2D eigenvalue weighted by Gasteiger charge is -2.35. The average Bonchev–Trinajstić information content (AvgIpc) is 2.35. The first-order valence-electron chi connectivity index (χ1n) is 7.12. The summed E-state index contributed by atoms with van der Waals surface area (Å²) < 4.78 is 5.71. The monoisotopic (exact) mass is 331 g/mol. The summed E-state index contributed by atoms with van der Waals surface area (Å²) in [5.41, 5.74) is 0.623. The molecule has 0 aromatic heterocycles. The summed E-state index contributed by atoms with van der Waals surface area (Å²) in [4.78, 5) is 13.6. The molecule has 1 heterocycles. The smallest absolute Gasteiger partial charge is 0.282 e. The predicted octanol–water partition coefficient (Wildman–Crippen LogP) is 2.01. The Morgan fingerprint density at radius 1 is 1.24 bits per heavy atom. The Kier molecular flexibility index (Phi) is 5.49. The first-order chi connectivity index (χ1) is 9.85. The molecule has 1 aromatic rings. The number of hydrogen-bond acceptors (Lipinski definition) is 2. The van der Waals surface area contributed by atoms with Gasteiger partial charge in [-0.05, 0) is 39.0 Å². The Labute approximate surface area is 135 Å². The van der Waals surface area contributed by atoms with Gasteiger partial charge in [0.05, 0.1) is 0 Å². The highest BCUT2D eigenvalue weighted by molar-refractivity contribution is 6.35. The van der Waals surface area contributed by atoms with Crippen molar-refractivity contribution in [1.29, 1.82) is 0 Å². The second-order valence-electron chi connectivity index (χ2n) is 5.69. The maximum atomic E-state index is 12.4. The van der Waals surface area contributed by atoms with Crippen LogP contribution in [0.1, 0.15) is 20.8 Å². The third-order valence-corrected chi connectivity index (χ3v) is 4.14. The summed E-state index contributed by atoms with van der Waals surface area (Å²) in [7, 11) is 0. The van der Waals surface area contributed by atoms with Gasteiger partial charge >= 0.3 is 0 Å². The van der Waals surface area contributed by atoms with Crippen LogP contribution in [-0.4, -0.2) is 37.2 Å². The van der Waals surface area contributed by atoms with E-state index in [2.05, 4.69) is 5.32 Å². The molecular formula is C15H21Cl2N2O2+. The van der Waals surface area contributed by atoms with Crippen molar-refractivity contribution in [3.8, 4) is 0 Å². The van der Waals surface area contributed by atoms with Gasteiger partial charge < -0.3 is 15.0 Å². The molecule has 0 bridgehead atoms. The number of rotatable bonds is 3. The van der Waals surface area contributed by atoms with E-state index in [-0.39, 0.29) is 24.2 Å². The fraction of sp³-hybridized carbons (Fsp3) is 0.533. The number of amides is 1. The summed E-state index contributed by atoms with van der Waals surface area (Å²) in [6, 6.07) is 4.87. The van der Waals surface area contributed by atoms with Crippen LogP contribution in [0.15, 0.2) is 18.2 Å². The highest BCUT2D eigenvalue weighted by Gasteiger charge is 2.32. The Morgan fingerprint density at radius 2 is 1.76 bits per heavy atom. The highest BCUT2D eigenvalue weighted by Crippen LogP contribution is 2.22. The van der Waals surface area contributed by atoms with Gasteiger partial charge in [0.15, 0.2) is 6.04 Å². The van der Waals surface area contributed by atoms with Crippen LogP contribution < -0.4 is 10.2 Å². The van der Waals surface area contributed by atoms with Crippen molar-refractivity contribution in [2.75, 3.05) is 18.4 Å². The molecule has 0 aliphatic carbocycles. The van der Waals surface area contributed by atoms with Crippen LogP contribution >= 0.6 is 23.2 Å². The van der Waals surface area contributed by atoms with E-state index in [1.807, 2.05) is 20.8 Å². The predicted molar refractivity (Wildman–Crippen MR) is 85.3 cm³/mol. The Bertz CT molecular complexity index is 494. The van der Waals surface area contributed by atoms with Crippen LogP contribution in [-0.2, 0) is 9.53 Å². The molecule has 1 fully saturated rings. The van der Waals surface area contributed by atoms with Crippen LogP contribution in [0.4, 0.5) is 5.69 Å². The molecule has 1 amide bonds. The third kappa shape index (κ3) is 4.58. The van der Waals surface area contributed by atoms with Crippen LogP contribution in [0.2, 0.25) is 10.0 Å².